The van der Waals surface area contributed by atoms with Crippen molar-refractivity contribution < 1.29 is 14.6 Å². The van der Waals surface area contributed by atoms with E-state index < -0.39 is 11.5 Å². The van der Waals surface area contributed by atoms with Crippen molar-refractivity contribution in [2.75, 3.05) is 6.54 Å². The maximum Gasteiger partial charge on any atom is 0.324 e. The number of carboxylic acids is 1. The highest BCUT2D eigenvalue weighted by Crippen LogP contribution is 2.34. The third-order valence-corrected chi connectivity index (χ3v) is 3.98. The summed E-state index contributed by atoms with van der Waals surface area (Å²) in [5.74, 6) is 0.0935. The molecule has 1 saturated carbocycles. The standard InChI is InChI=1S/C16H23NO3/c1-3-10-17-16(15(18)19)9-8-13(11-16)20-14-7-5-4-6-12(14)2/h4-7,13,17H,3,8-11H2,1-2H3,(H,18,19). The fourth-order valence-electron chi connectivity index (χ4n) is 2.76. The summed E-state index contributed by atoms with van der Waals surface area (Å²) >= 11 is 0. The summed E-state index contributed by atoms with van der Waals surface area (Å²) in [5, 5.41) is 12.7. The minimum atomic E-state index is -0.816. The largest absolute Gasteiger partial charge is 0.490 e. The van der Waals surface area contributed by atoms with Crippen LogP contribution in [0.25, 0.3) is 0 Å². The molecule has 0 aromatic heterocycles. The van der Waals surface area contributed by atoms with Crippen LogP contribution in [0.2, 0.25) is 0 Å². The summed E-state index contributed by atoms with van der Waals surface area (Å²) in [4.78, 5) is 11.6. The second-order valence-corrected chi connectivity index (χ2v) is 5.56. The molecule has 1 aromatic carbocycles. The van der Waals surface area contributed by atoms with Crippen LogP contribution in [0.5, 0.6) is 5.75 Å². The van der Waals surface area contributed by atoms with Crippen molar-refractivity contribution in [3.05, 3.63) is 29.8 Å². The predicted molar refractivity (Wildman–Crippen MR) is 78.1 cm³/mol. The molecule has 0 saturated heterocycles. The van der Waals surface area contributed by atoms with E-state index in [1.54, 1.807) is 0 Å². The maximum absolute atomic E-state index is 11.6. The minimum Gasteiger partial charge on any atom is -0.490 e. The van der Waals surface area contributed by atoms with Gasteiger partial charge in [0, 0.05) is 6.42 Å². The predicted octanol–water partition coefficient (Wildman–Crippen LogP) is 2.75. The highest BCUT2D eigenvalue weighted by atomic mass is 16.5. The van der Waals surface area contributed by atoms with E-state index in [9.17, 15) is 9.90 Å². The van der Waals surface area contributed by atoms with Gasteiger partial charge in [-0.05, 0) is 44.4 Å². The van der Waals surface area contributed by atoms with Gasteiger partial charge in [0.25, 0.3) is 0 Å². The molecule has 0 radical (unpaired) electrons. The Hall–Kier alpha value is -1.55. The topological polar surface area (TPSA) is 58.6 Å². The SMILES string of the molecule is CCCNC1(C(=O)O)CCC(Oc2ccccc2C)C1. The molecule has 0 spiro atoms. The Labute approximate surface area is 120 Å². The molecule has 0 bridgehead atoms. The van der Waals surface area contributed by atoms with Crippen LogP contribution in [-0.4, -0.2) is 29.3 Å². The molecule has 110 valence electrons. The van der Waals surface area contributed by atoms with Gasteiger partial charge in [-0.3, -0.25) is 4.79 Å². The van der Waals surface area contributed by atoms with Gasteiger partial charge in [-0.1, -0.05) is 25.1 Å². The number of ether oxygens (including phenoxy) is 1. The first-order valence-electron chi connectivity index (χ1n) is 7.28. The lowest BCUT2D eigenvalue weighted by molar-refractivity contribution is -0.144. The lowest BCUT2D eigenvalue weighted by Crippen LogP contribution is -2.50. The van der Waals surface area contributed by atoms with E-state index in [0.29, 0.717) is 12.8 Å². The van der Waals surface area contributed by atoms with E-state index >= 15 is 0 Å². The average Bonchev–Trinajstić information content (AvgIpc) is 2.84. The smallest absolute Gasteiger partial charge is 0.324 e. The number of aliphatic carboxylic acids is 1. The van der Waals surface area contributed by atoms with Crippen LogP contribution in [0, 0.1) is 6.92 Å². The molecule has 0 aliphatic heterocycles. The summed E-state index contributed by atoms with van der Waals surface area (Å²) < 4.78 is 5.99. The van der Waals surface area contributed by atoms with Crippen LogP contribution in [0.1, 0.15) is 38.2 Å². The van der Waals surface area contributed by atoms with Gasteiger partial charge in [0.05, 0.1) is 0 Å². The fourth-order valence-corrected chi connectivity index (χ4v) is 2.76. The van der Waals surface area contributed by atoms with Gasteiger partial charge >= 0.3 is 5.97 Å². The van der Waals surface area contributed by atoms with Gasteiger partial charge < -0.3 is 15.2 Å². The van der Waals surface area contributed by atoms with E-state index in [-0.39, 0.29) is 6.10 Å². The summed E-state index contributed by atoms with van der Waals surface area (Å²) in [5.41, 5.74) is 0.269. The summed E-state index contributed by atoms with van der Waals surface area (Å²) in [7, 11) is 0. The van der Waals surface area contributed by atoms with Gasteiger partial charge in [0.15, 0.2) is 0 Å². The van der Waals surface area contributed by atoms with Crippen molar-refractivity contribution in [3.63, 3.8) is 0 Å². The van der Waals surface area contributed by atoms with Gasteiger partial charge in [-0.2, -0.15) is 0 Å². The van der Waals surface area contributed by atoms with Gasteiger partial charge in [0.1, 0.15) is 17.4 Å². The second kappa shape index (κ2) is 6.27. The number of carbonyl (C=O) groups is 1. The molecule has 0 amide bonds. The molecule has 1 aliphatic carbocycles. The first kappa shape index (κ1) is 14.9. The molecule has 1 aromatic rings. The zero-order valence-electron chi connectivity index (χ0n) is 12.2. The monoisotopic (exact) mass is 277 g/mol. The number of nitrogens with one attached hydrogen (secondary N) is 1. The number of rotatable bonds is 6. The zero-order valence-corrected chi connectivity index (χ0v) is 12.2. The highest BCUT2D eigenvalue weighted by Gasteiger charge is 2.46. The molecule has 2 atom stereocenters. The van der Waals surface area contributed by atoms with Crippen molar-refractivity contribution in [1.29, 1.82) is 0 Å². The van der Waals surface area contributed by atoms with Crippen molar-refractivity contribution >= 4 is 5.97 Å². The lowest BCUT2D eigenvalue weighted by Gasteiger charge is -2.26. The summed E-state index contributed by atoms with van der Waals surface area (Å²) in [6.45, 7) is 4.77. The van der Waals surface area contributed by atoms with Crippen LogP contribution in [0.15, 0.2) is 24.3 Å². The highest BCUT2D eigenvalue weighted by molar-refractivity contribution is 5.79. The van der Waals surface area contributed by atoms with Crippen molar-refractivity contribution in [2.24, 2.45) is 0 Å². The lowest BCUT2D eigenvalue weighted by atomic mass is 9.97. The van der Waals surface area contributed by atoms with E-state index in [4.69, 9.17) is 4.74 Å². The zero-order chi connectivity index (χ0) is 14.6. The van der Waals surface area contributed by atoms with E-state index in [1.807, 2.05) is 38.1 Å². The number of hydrogen-bond donors (Lipinski definition) is 2. The molecular weight excluding hydrogens is 254 g/mol. The molecule has 1 fully saturated rings. The van der Waals surface area contributed by atoms with E-state index in [2.05, 4.69) is 5.32 Å². The van der Waals surface area contributed by atoms with Crippen molar-refractivity contribution in [2.45, 2.75) is 51.2 Å². The quantitative estimate of drug-likeness (QED) is 0.839. The van der Waals surface area contributed by atoms with Crippen molar-refractivity contribution in [3.8, 4) is 5.75 Å². The third kappa shape index (κ3) is 3.12. The number of hydrogen-bond acceptors (Lipinski definition) is 3. The maximum atomic E-state index is 11.6. The molecule has 4 nitrogen and oxygen atoms in total. The molecule has 1 aliphatic rings. The number of aryl methyl sites for hydroxylation is 1. The third-order valence-electron chi connectivity index (χ3n) is 3.98. The average molecular weight is 277 g/mol. The Bertz CT molecular complexity index is 475. The minimum absolute atomic E-state index is 0.0310. The summed E-state index contributed by atoms with van der Waals surface area (Å²) in [6.07, 6.45) is 2.82. The molecule has 4 heteroatoms. The summed E-state index contributed by atoms with van der Waals surface area (Å²) in [6, 6.07) is 7.86. The van der Waals surface area contributed by atoms with Crippen LogP contribution >= 0.6 is 0 Å². The second-order valence-electron chi connectivity index (χ2n) is 5.56. The Morgan fingerprint density at radius 2 is 2.25 bits per heavy atom. The van der Waals surface area contributed by atoms with E-state index in [0.717, 1.165) is 30.7 Å². The molecular formula is C16H23NO3. The molecule has 2 unspecified atom stereocenters. The Balaban J connectivity index is 2.03. The van der Waals surface area contributed by atoms with Crippen LogP contribution in [0.4, 0.5) is 0 Å². The number of benzene rings is 1. The Morgan fingerprint density at radius 3 is 2.90 bits per heavy atom. The van der Waals surface area contributed by atoms with Crippen molar-refractivity contribution in [1.82, 2.24) is 5.32 Å². The Kier molecular flexibility index (Phi) is 4.65. The van der Waals surface area contributed by atoms with Gasteiger partial charge in [0.2, 0.25) is 0 Å². The van der Waals surface area contributed by atoms with Crippen LogP contribution in [-0.2, 0) is 4.79 Å². The number of carboxylic acid groups (broad SMARTS) is 1. The Morgan fingerprint density at radius 1 is 1.50 bits per heavy atom. The molecule has 0 heterocycles. The first-order chi connectivity index (χ1) is 9.57. The van der Waals surface area contributed by atoms with Crippen LogP contribution in [0.3, 0.4) is 0 Å². The van der Waals surface area contributed by atoms with Gasteiger partial charge in [-0.25, -0.2) is 0 Å². The normalized spacial score (nSPS) is 25.6. The fraction of sp³-hybridized carbons (Fsp3) is 0.562. The molecule has 2 N–H and O–H groups in total. The molecule has 2 rings (SSSR count). The van der Waals surface area contributed by atoms with Gasteiger partial charge in [-0.15, -0.1) is 0 Å². The molecule has 20 heavy (non-hydrogen) atoms. The van der Waals surface area contributed by atoms with E-state index in [1.165, 1.54) is 0 Å². The number of para-hydroxylation sites is 1. The first-order valence-corrected chi connectivity index (χ1v) is 7.28. The van der Waals surface area contributed by atoms with Crippen LogP contribution < -0.4 is 10.1 Å².